The molecule has 2 aromatic rings. The van der Waals surface area contributed by atoms with Crippen LogP contribution in [0.2, 0.25) is 0 Å². The molecule has 0 spiro atoms. The number of benzene rings is 1. The number of rotatable bonds is 6. The van der Waals surface area contributed by atoms with Crippen LogP contribution in [0, 0.1) is 11.8 Å². The maximum absolute atomic E-state index is 11.5. The third-order valence-electron chi connectivity index (χ3n) is 11.1. The lowest BCUT2D eigenvalue weighted by molar-refractivity contribution is -0.138. The van der Waals surface area contributed by atoms with E-state index in [1.165, 1.54) is 88.4 Å². The van der Waals surface area contributed by atoms with Gasteiger partial charge in [0.1, 0.15) is 5.82 Å². The standard InChI is InChI=1S/C32H46N4O2/c37-32(38)21-34-14-6-11-24(34)20-31-33-29-12-3-4-13-30(29)36(31)28-18-25-9-5-10-26(19-28)35(25)27-16-22-7-1-2-8-23(15-22)17-27/h3-4,12-13,22-28H,1-2,5-11,14-21H2,(H,37,38)/t22-,23+,24-,25-,26+,27+,28-/m0/s1. The number of likely N-dealkylation sites (tertiary alicyclic amines) is 1. The number of hydrogen-bond donors (Lipinski definition) is 1. The zero-order valence-corrected chi connectivity index (χ0v) is 23.0. The van der Waals surface area contributed by atoms with Gasteiger partial charge in [-0.2, -0.15) is 0 Å². The van der Waals surface area contributed by atoms with E-state index < -0.39 is 5.97 Å². The number of aliphatic carboxylic acids is 1. The molecule has 6 nitrogen and oxygen atoms in total. The Morgan fingerprint density at radius 1 is 0.816 bits per heavy atom. The molecule has 0 amide bonds. The second-order valence-electron chi connectivity index (χ2n) is 13.4. The molecule has 3 aliphatic heterocycles. The van der Waals surface area contributed by atoms with Crippen LogP contribution in [0.1, 0.15) is 102 Å². The molecule has 0 unspecified atom stereocenters. The molecule has 7 rings (SSSR count). The summed E-state index contributed by atoms with van der Waals surface area (Å²) in [6.45, 7) is 1.04. The van der Waals surface area contributed by atoms with E-state index in [2.05, 4.69) is 38.6 Å². The van der Waals surface area contributed by atoms with Crippen molar-refractivity contribution >= 4 is 17.0 Å². The molecule has 2 saturated carbocycles. The lowest BCUT2D eigenvalue weighted by Gasteiger charge is -2.54. The van der Waals surface area contributed by atoms with Gasteiger partial charge < -0.3 is 9.67 Å². The number of nitrogens with zero attached hydrogens (tertiary/aromatic N) is 4. The second-order valence-corrected chi connectivity index (χ2v) is 13.4. The zero-order chi connectivity index (χ0) is 25.6. The van der Waals surface area contributed by atoms with Gasteiger partial charge in [0.25, 0.3) is 0 Å². The van der Waals surface area contributed by atoms with Gasteiger partial charge >= 0.3 is 5.97 Å². The first-order chi connectivity index (χ1) is 18.6. The summed E-state index contributed by atoms with van der Waals surface area (Å²) >= 11 is 0. The van der Waals surface area contributed by atoms with Gasteiger partial charge in [-0.3, -0.25) is 14.6 Å². The third-order valence-corrected chi connectivity index (χ3v) is 11.1. The fourth-order valence-electron chi connectivity index (χ4n) is 9.67. The maximum atomic E-state index is 11.5. The van der Waals surface area contributed by atoms with Crippen molar-refractivity contribution in [3.8, 4) is 0 Å². The Balaban J connectivity index is 1.16. The van der Waals surface area contributed by atoms with E-state index in [-0.39, 0.29) is 12.6 Å². The van der Waals surface area contributed by atoms with E-state index in [0.29, 0.717) is 18.1 Å². The van der Waals surface area contributed by atoms with Gasteiger partial charge in [-0.1, -0.05) is 44.2 Å². The maximum Gasteiger partial charge on any atom is 0.317 e. The van der Waals surface area contributed by atoms with Crippen molar-refractivity contribution in [1.29, 1.82) is 0 Å². The summed E-state index contributed by atoms with van der Waals surface area (Å²) in [5, 5.41) is 9.46. The van der Waals surface area contributed by atoms with Crippen LogP contribution in [0.5, 0.6) is 0 Å². The van der Waals surface area contributed by atoms with Gasteiger partial charge in [0.2, 0.25) is 0 Å². The van der Waals surface area contributed by atoms with Crippen LogP contribution in [0.25, 0.3) is 11.0 Å². The molecule has 3 saturated heterocycles. The quantitative estimate of drug-likeness (QED) is 0.505. The molecule has 0 radical (unpaired) electrons. The number of piperidine rings is 2. The monoisotopic (exact) mass is 518 g/mol. The summed E-state index contributed by atoms with van der Waals surface area (Å²) in [6, 6.07) is 11.7. The predicted octanol–water partition coefficient (Wildman–Crippen LogP) is 6.04. The van der Waals surface area contributed by atoms with Gasteiger partial charge in [0.05, 0.1) is 17.6 Å². The Morgan fingerprint density at radius 3 is 2.29 bits per heavy atom. The molecule has 4 heterocycles. The summed E-state index contributed by atoms with van der Waals surface area (Å²) < 4.78 is 2.62. The van der Waals surface area contributed by atoms with Crippen LogP contribution in [-0.4, -0.2) is 67.7 Å². The molecular formula is C32H46N4O2. The first-order valence-corrected chi connectivity index (χ1v) is 15.8. The molecule has 7 atom stereocenters. The summed E-state index contributed by atoms with van der Waals surface area (Å²) in [7, 11) is 0. The highest BCUT2D eigenvalue weighted by Gasteiger charge is 2.45. The molecule has 1 aromatic carbocycles. The fourth-order valence-corrected chi connectivity index (χ4v) is 9.67. The van der Waals surface area contributed by atoms with E-state index >= 15 is 0 Å². The van der Waals surface area contributed by atoms with Crippen molar-refractivity contribution in [3.05, 3.63) is 30.1 Å². The molecule has 5 fully saturated rings. The molecule has 4 bridgehead atoms. The topological polar surface area (TPSA) is 61.6 Å². The highest BCUT2D eigenvalue weighted by Crippen LogP contribution is 2.47. The first-order valence-electron chi connectivity index (χ1n) is 15.8. The number of carboxylic acid groups (broad SMARTS) is 1. The highest BCUT2D eigenvalue weighted by molar-refractivity contribution is 5.76. The number of aromatic nitrogens is 2. The van der Waals surface area contributed by atoms with Crippen LogP contribution in [-0.2, 0) is 11.2 Å². The number of fused-ring (bicyclic) bond motifs is 5. The van der Waals surface area contributed by atoms with Crippen molar-refractivity contribution in [2.24, 2.45) is 11.8 Å². The van der Waals surface area contributed by atoms with E-state index in [9.17, 15) is 9.90 Å². The molecular weight excluding hydrogens is 472 g/mol. The Bertz CT molecular complexity index is 1120. The van der Waals surface area contributed by atoms with Crippen molar-refractivity contribution in [2.45, 2.75) is 127 Å². The summed E-state index contributed by atoms with van der Waals surface area (Å²) in [5.74, 6) is 2.43. The molecule has 1 aromatic heterocycles. The normalized spacial score (nSPS) is 36.4. The number of imidazole rings is 1. The average molecular weight is 519 g/mol. The Labute approximate surface area is 227 Å². The number of hydrogen-bond acceptors (Lipinski definition) is 4. The van der Waals surface area contributed by atoms with Crippen molar-refractivity contribution < 1.29 is 9.90 Å². The number of carbonyl (C=O) groups is 1. The van der Waals surface area contributed by atoms with E-state index in [4.69, 9.17) is 4.98 Å². The third kappa shape index (κ3) is 4.81. The van der Waals surface area contributed by atoms with Gasteiger partial charge in [-0.05, 0) is 88.3 Å². The molecule has 6 heteroatoms. The lowest BCUT2D eigenvalue weighted by atomic mass is 9.73. The van der Waals surface area contributed by atoms with E-state index in [1.54, 1.807) is 0 Å². The highest BCUT2D eigenvalue weighted by atomic mass is 16.4. The molecule has 2 aliphatic carbocycles. The average Bonchev–Trinajstić information content (AvgIpc) is 3.44. The van der Waals surface area contributed by atoms with Crippen LogP contribution in [0.4, 0.5) is 0 Å². The molecule has 38 heavy (non-hydrogen) atoms. The molecule has 5 aliphatic rings. The van der Waals surface area contributed by atoms with Crippen molar-refractivity contribution in [2.75, 3.05) is 13.1 Å². The fraction of sp³-hybridized carbons (Fsp3) is 0.750. The van der Waals surface area contributed by atoms with E-state index in [0.717, 1.165) is 49.2 Å². The van der Waals surface area contributed by atoms with Crippen LogP contribution in [0.15, 0.2) is 24.3 Å². The van der Waals surface area contributed by atoms with Crippen LogP contribution >= 0.6 is 0 Å². The predicted molar refractivity (Wildman–Crippen MR) is 150 cm³/mol. The zero-order valence-electron chi connectivity index (χ0n) is 23.0. The summed E-state index contributed by atoms with van der Waals surface area (Å²) in [4.78, 5) is 21.9. The van der Waals surface area contributed by atoms with Gasteiger partial charge in [0, 0.05) is 36.6 Å². The largest absolute Gasteiger partial charge is 0.480 e. The van der Waals surface area contributed by atoms with Gasteiger partial charge in [0.15, 0.2) is 0 Å². The van der Waals surface area contributed by atoms with E-state index in [1.807, 2.05) is 0 Å². The Morgan fingerprint density at radius 2 is 1.55 bits per heavy atom. The Kier molecular flexibility index (Phi) is 6.98. The molecule has 1 N–H and O–H groups in total. The summed E-state index contributed by atoms with van der Waals surface area (Å²) in [5.41, 5.74) is 2.39. The van der Waals surface area contributed by atoms with Crippen LogP contribution in [0.3, 0.4) is 0 Å². The first kappa shape index (κ1) is 25.1. The Hall–Kier alpha value is -1.92. The van der Waals surface area contributed by atoms with Gasteiger partial charge in [-0.15, -0.1) is 0 Å². The van der Waals surface area contributed by atoms with Crippen LogP contribution < -0.4 is 0 Å². The van der Waals surface area contributed by atoms with Crippen molar-refractivity contribution in [3.63, 3.8) is 0 Å². The minimum atomic E-state index is -0.715. The SMILES string of the molecule is O=C(O)CN1CCC[C@H]1Cc1nc2ccccc2n1[C@@H]1C[C@H]2CCC[C@@H](C1)N2[C@H]1C[C@@H]2CCCC[C@@H](C2)C1. The number of para-hydroxylation sites is 2. The van der Waals surface area contributed by atoms with Crippen molar-refractivity contribution in [1.82, 2.24) is 19.4 Å². The number of carboxylic acids is 1. The molecule has 206 valence electrons. The lowest BCUT2D eigenvalue weighted by Crippen LogP contribution is -2.58. The minimum Gasteiger partial charge on any atom is -0.480 e. The second kappa shape index (κ2) is 10.6. The smallest absolute Gasteiger partial charge is 0.317 e. The minimum absolute atomic E-state index is 0.150. The van der Waals surface area contributed by atoms with Gasteiger partial charge in [-0.25, -0.2) is 4.98 Å². The summed E-state index contributed by atoms with van der Waals surface area (Å²) in [6.07, 6.45) is 19.9.